The summed E-state index contributed by atoms with van der Waals surface area (Å²) in [7, 11) is 0. The van der Waals surface area contributed by atoms with Crippen LogP contribution >= 0.6 is 11.3 Å². The Hall–Kier alpha value is -3.78. The molecule has 2 N–H and O–H groups in total. The van der Waals surface area contributed by atoms with E-state index in [-0.39, 0.29) is 6.42 Å². The van der Waals surface area contributed by atoms with E-state index in [0.717, 1.165) is 58.3 Å². The number of carboxylic acid groups (broad SMARTS) is 1. The van der Waals surface area contributed by atoms with Gasteiger partial charge < -0.3 is 10.4 Å². The first-order valence-corrected chi connectivity index (χ1v) is 12.9. The number of carbonyl (C=O) groups is 1. The Kier molecular flexibility index (Phi) is 6.69. The van der Waals surface area contributed by atoms with Gasteiger partial charge in [0.05, 0.1) is 12.1 Å². The van der Waals surface area contributed by atoms with Crippen LogP contribution in [0.1, 0.15) is 57.7 Å². The number of aliphatic carboxylic acids is 1. The molecule has 0 amide bonds. The lowest BCUT2D eigenvalue weighted by Gasteiger charge is -2.12. The molecule has 0 spiro atoms. The summed E-state index contributed by atoms with van der Waals surface area (Å²) in [6.45, 7) is 6.98. The Bertz CT molecular complexity index is 1420. The minimum atomic E-state index is -0.913. The lowest BCUT2D eigenvalue weighted by atomic mass is 9.99. The number of hydrogen-bond donors (Lipinski definition) is 2. The largest absolute Gasteiger partial charge is 0.481 e. The summed E-state index contributed by atoms with van der Waals surface area (Å²) < 4.78 is 1.98. The lowest BCUT2D eigenvalue weighted by Crippen LogP contribution is -2.10. The van der Waals surface area contributed by atoms with Crippen molar-refractivity contribution in [3.05, 3.63) is 93.4 Å². The van der Waals surface area contributed by atoms with Crippen LogP contribution in [0.4, 0.5) is 5.69 Å². The topological polar surface area (TPSA) is 92.4 Å². The average Bonchev–Trinajstić information content (AvgIpc) is 3.35. The number of fused-ring (bicyclic) bond motifs is 3. The highest BCUT2D eigenvalue weighted by atomic mass is 32.1. The maximum absolute atomic E-state index is 11.7. The first-order chi connectivity index (χ1) is 17.4. The summed E-state index contributed by atoms with van der Waals surface area (Å²) in [5.74, 6) is 0.391. The predicted octanol–water partition coefficient (Wildman–Crippen LogP) is 5.67. The molecule has 184 valence electrons. The minimum absolute atomic E-state index is 0.143. The third-order valence-electron chi connectivity index (χ3n) is 6.58. The molecule has 0 radical (unpaired) electrons. The Balaban J connectivity index is 1.43. The molecule has 4 aromatic rings. The van der Waals surface area contributed by atoms with Gasteiger partial charge in [-0.15, -0.1) is 21.5 Å². The van der Waals surface area contributed by atoms with Gasteiger partial charge in [-0.05, 0) is 56.9 Å². The maximum Gasteiger partial charge on any atom is 0.306 e. The molecule has 1 aliphatic rings. The summed E-state index contributed by atoms with van der Waals surface area (Å²) in [4.78, 5) is 17.9. The Morgan fingerprint density at radius 1 is 1.06 bits per heavy atom. The predicted molar refractivity (Wildman–Crippen MR) is 144 cm³/mol. The van der Waals surface area contributed by atoms with Crippen molar-refractivity contribution >= 4 is 28.7 Å². The third kappa shape index (κ3) is 4.68. The average molecular weight is 500 g/mol. The second kappa shape index (κ2) is 10.1. The highest BCUT2D eigenvalue weighted by molar-refractivity contribution is 7.15. The number of carboxylic acids is 1. The zero-order chi connectivity index (χ0) is 25.2. The number of aromatic nitrogens is 3. The van der Waals surface area contributed by atoms with Crippen LogP contribution in [0.3, 0.4) is 0 Å². The number of nitrogens with one attached hydrogen (secondary N) is 1. The Morgan fingerprint density at radius 2 is 1.81 bits per heavy atom. The number of hydrogen-bond acceptors (Lipinski definition) is 6. The lowest BCUT2D eigenvalue weighted by molar-refractivity contribution is -0.137. The molecule has 1 aliphatic heterocycles. The van der Waals surface area contributed by atoms with E-state index in [4.69, 9.17) is 4.99 Å². The van der Waals surface area contributed by atoms with Crippen LogP contribution in [0.5, 0.6) is 0 Å². The molecule has 1 atom stereocenters. The molecule has 0 aliphatic carbocycles. The van der Waals surface area contributed by atoms with Crippen molar-refractivity contribution < 1.29 is 9.90 Å². The second-order valence-corrected chi connectivity index (χ2v) is 10.3. The van der Waals surface area contributed by atoms with E-state index in [1.807, 2.05) is 17.6 Å². The summed E-state index contributed by atoms with van der Waals surface area (Å²) >= 11 is 1.67. The van der Waals surface area contributed by atoms with Crippen molar-refractivity contribution in [1.29, 1.82) is 0 Å². The van der Waals surface area contributed by atoms with Crippen LogP contribution in [0.25, 0.3) is 5.00 Å². The van der Waals surface area contributed by atoms with Crippen molar-refractivity contribution in [2.75, 3.05) is 11.9 Å². The highest BCUT2D eigenvalue weighted by Crippen LogP contribution is 2.39. The molecule has 36 heavy (non-hydrogen) atoms. The number of anilines is 1. The van der Waals surface area contributed by atoms with E-state index >= 15 is 0 Å². The molecule has 7 nitrogen and oxygen atoms in total. The fraction of sp³-hybridized carbons (Fsp3) is 0.286. The fourth-order valence-corrected chi connectivity index (χ4v) is 5.82. The molecule has 0 bridgehead atoms. The van der Waals surface area contributed by atoms with Gasteiger partial charge in [0.1, 0.15) is 16.9 Å². The zero-order valence-corrected chi connectivity index (χ0v) is 21.5. The van der Waals surface area contributed by atoms with Crippen LogP contribution in [-0.4, -0.2) is 38.1 Å². The van der Waals surface area contributed by atoms with Crippen LogP contribution in [0.2, 0.25) is 0 Å². The molecular weight excluding hydrogens is 470 g/mol. The quantitative estimate of drug-likeness (QED) is 0.305. The molecule has 2 aromatic carbocycles. The molecule has 0 fully saturated rings. The number of thiophene rings is 1. The standard InChI is InChI=1S/C28H29N5O2S/c1-17-18(2)36-28-25(17)26(30-23(16-24(34)35)27-32-31-19(3)33(27)28)21-11-13-22(14-12-21)29-15-7-10-20-8-5-4-6-9-20/h4-6,8-9,11-14,23,29H,7,10,15-16H2,1-3H3,(H,34,35)/t23-/m0/s1. The maximum atomic E-state index is 11.7. The van der Waals surface area contributed by atoms with Crippen molar-refractivity contribution in [3.8, 4) is 5.00 Å². The molecule has 0 saturated carbocycles. The van der Waals surface area contributed by atoms with Gasteiger partial charge >= 0.3 is 5.97 Å². The van der Waals surface area contributed by atoms with Crippen LogP contribution in [-0.2, 0) is 11.2 Å². The van der Waals surface area contributed by atoms with Gasteiger partial charge in [0, 0.05) is 28.2 Å². The smallest absolute Gasteiger partial charge is 0.306 e. The number of aliphatic imine (C=N–C) groups is 1. The third-order valence-corrected chi connectivity index (χ3v) is 7.77. The SMILES string of the molecule is Cc1sc2c(c1C)C(c1ccc(NCCCc3ccccc3)cc1)=N[C@@H](CC(=O)O)c1nnc(C)n1-2. The summed E-state index contributed by atoms with van der Waals surface area (Å²) in [5.41, 5.74) is 6.33. The zero-order valence-electron chi connectivity index (χ0n) is 20.7. The van der Waals surface area contributed by atoms with Gasteiger partial charge in [0.25, 0.3) is 0 Å². The molecule has 0 unspecified atom stereocenters. The van der Waals surface area contributed by atoms with Crippen LogP contribution < -0.4 is 5.32 Å². The normalized spacial score (nSPS) is 14.5. The van der Waals surface area contributed by atoms with E-state index in [9.17, 15) is 9.90 Å². The molecule has 8 heteroatoms. The highest BCUT2D eigenvalue weighted by Gasteiger charge is 2.32. The van der Waals surface area contributed by atoms with Crippen molar-refractivity contribution in [2.45, 2.75) is 46.1 Å². The molecular formula is C28H29N5O2S. The number of benzene rings is 2. The first-order valence-electron chi connectivity index (χ1n) is 12.1. The minimum Gasteiger partial charge on any atom is -0.481 e. The van der Waals surface area contributed by atoms with E-state index in [0.29, 0.717) is 5.82 Å². The molecule has 5 rings (SSSR count). The van der Waals surface area contributed by atoms with E-state index in [1.165, 1.54) is 10.4 Å². The Labute approximate surface area is 214 Å². The summed E-state index contributed by atoms with van der Waals surface area (Å²) in [6, 6.07) is 18.1. The summed E-state index contributed by atoms with van der Waals surface area (Å²) in [6.07, 6.45) is 1.94. The second-order valence-electron chi connectivity index (χ2n) is 9.09. The van der Waals surface area contributed by atoms with Gasteiger partial charge in [0.2, 0.25) is 0 Å². The molecule has 2 aromatic heterocycles. The van der Waals surface area contributed by atoms with E-state index in [1.54, 1.807) is 11.3 Å². The van der Waals surface area contributed by atoms with Gasteiger partial charge in [-0.25, -0.2) is 0 Å². The molecule has 3 heterocycles. The van der Waals surface area contributed by atoms with Crippen LogP contribution in [0, 0.1) is 20.8 Å². The molecule has 0 saturated heterocycles. The van der Waals surface area contributed by atoms with Crippen LogP contribution in [0.15, 0.2) is 59.6 Å². The summed E-state index contributed by atoms with van der Waals surface area (Å²) in [5, 5.41) is 22.7. The number of rotatable bonds is 8. The monoisotopic (exact) mass is 499 g/mol. The first kappa shape index (κ1) is 23.9. The van der Waals surface area contributed by atoms with Gasteiger partial charge in [-0.3, -0.25) is 14.4 Å². The number of nitrogens with zero attached hydrogens (tertiary/aromatic N) is 4. The number of aryl methyl sites for hydroxylation is 3. The van der Waals surface area contributed by atoms with Gasteiger partial charge in [0.15, 0.2) is 5.82 Å². The van der Waals surface area contributed by atoms with E-state index < -0.39 is 12.0 Å². The fourth-order valence-electron chi connectivity index (χ4n) is 4.61. The van der Waals surface area contributed by atoms with Crippen molar-refractivity contribution in [1.82, 2.24) is 14.8 Å². The van der Waals surface area contributed by atoms with Gasteiger partial charge in [-0.1, -0.05) is 42.5 Å². The van der Waals surface area contributed by atoms with Crippen molar-refractivity contribution in [2.24, 2.45) is 4.99 Å². The van der Waals surface area contributed by atoms with Gasteiger partial charge in [-0.2, -0.15) is 0 Å². The Morgan fingerprint density at radius 3 is 2.53 bits per heavy atom. The van der Waals surface area contributed by atoms with E-state index in [2.05, 4.69) is 77.9 Å². The van der Waals surface area contributed by atoms with Crippen molar-refractivity contribution in [3.63, 3.8) is 0 Å².